The van der Waals surface area contributed by atoms with Crippen LogP contribution in [0.15, 0.2) is 36.4 Å². The Morgan fingerprint density at radius 2 is 2.11 bits per heavy atom. The zero-order chi connectivity index (χ0) is 13.2. The molecule has 3 rings (SSSR count). The number of hydrogen-bond acceptors (Lipinski definition) is 3. The highest BCUT2D eigenvalue weighted by molar-refractivity contribution is 5.51. The summed E-state index contributed by atoms with van der Waals surface area (Å²) in [4.78, 5) is 0. The van der Waals surface area contributed by atoms with Gasteiger partial charge in [0.2, 0.25) is 0 Å². The molecule has 2 aromatic rings. The first-order valence-corrected chi connectivity index (χ1v) is 6.50. The number of phenolic OH excluding ortho intramolecular Hbond substituents is 1. The van der Waals surface area contributed by atoms with E-state index in [9.17, 15) is 5.11 Å². The van der Waals surface area contributed by atoms with Crippen LogP contribution >= 0.6 is 0 Å². The first kappa shape index (κ1) is 11.9. The Labute approximate surface area is 112 Å². The van der Waals surface area contributed by atoms with Crippen molar-refractivity contribution in [2.24, 2.45) is 0 Å². The zero-order valence-electron chi connectivity index (χ0n) is 10.9. The molecule has 0 aromatic heterocycles. The number of aryl methyl sites for hydroxylation is 1. The predicted octanol–water partition coefficient (Wildman–Crippen LogP) is 3.25. The Balaban J connectivity index is 1.70. The van der Waals surface area contributed by atoms with Gasteiger partial charge in [-0.3, -0.25) is 0 Å². The molecule has 3 nitrogen and oxygen atoms in total. The van der Waals surface area contributed by atoms with Crippen LogP contribution in [0, 0.1) is 6.92 Å². The van der Waals surface area contributed by atoms with Gasteiger partial charge in [0.1, 0.15) is 11.5 Å². The molecule has 1 aliphatic rings. The number of hydrogen-bond donors (Lipinski definition) is 2. The molecule has 0 spiro atoms. The summed E-state index contributed by atoms with van der Waals surface area (Å²) < 4.78 is 5.50. The van der Waals surface area contributed by atoms with Crippen molar-refractivity contribution in [1.29, 1.82) is 0 Å². The van der Waals surface area contributed by atoms with Crippen molar-refractivity contribution in [3.05, 3.63) is 53.1 Å². The van der Waals surface area contributed by atoms with Crippen LogP contribution in [0.4, 0.5) is 5.69 Å². The lowest BCUT2D eigenvalue weighted by atomic mass is 10.1. The lowest BCUT2D eigenvalue weighted by molar-refractivity contribution is 0.357. The highest BCUT2D eigenvalue weighted by atomic mass is 16.5. The summed E-state index contributed by atoms with van der Waals surface area (Å²) >= 11 is 0. The molecule has 0 atom stereocenters. The smallest absolute Gasteiger partial charge is 0.122 e. The van der Waals surface area contributed by atoms with Gasteiger partial charge in [-0.05, 0) is 47.9 Å². The molecule has 2 aromatic carbocycles. The van der Waals surface area contributed by atoms with E-state index in [2.05, 4.69) is 17.4 Å². The minimum Gasteiger partial charge on any atom is -0.508 e. The van der Waals surface area contributed by atoms with Crippen molar-refractivity contribution < 1.29 is 9.84 Å². The number of aromatic hydroxyl groups is 1. The van der Waals surface area contributed by atoms with Crippen molar-refractivity contribution in [2.45, 2.75) is 19.9 Å². The summed E-state index contributed by atoms with van der Waals surface area (Å²) in [5.74, 6) is 1.35. The quantitative estimate of drug-likeness (QED) is 0.827. The lowest BCUT2D eigenvalue weighted by Crippen LogP contribution is -1.99. The second kappa shape index (κ2) is 4.84. The molecule has 2 N–H and O–H groups in total. The molecule has 0 saturated carbocycles. The summed E-state index contributed by atoms with van der Waals surface area (Å²) in [5.41, 5.74) is 4.44. The SMILES string of the molecule is Cc1cc(NCc2ccc3c(c2)CCO3)ccc1O. The molecular formula is C16H17NO2. The van der Waals surface area contributed by atoms with Crippen LogP contribution < -0.4 is 10.1 Å². The van der Waals surface area contributed by atoms with Gasteiger partial charge in [-0.1, -0.05) is 12.1 Å². The van der Waals surface area contributed by atoms with E-state index in [1.165, 1.54) is 11.1 Å². The molecule has 0 bridgehead atoms. The number of ether oxygens (including phenoxy) is 1. The summed E-state index contributed by atoms with van der Waals surface area (Å²) in [6.45, 7) is 3.47. The van der Waals surface area contributed by atoms with Gasteiger partial charge in [-0.2, -0.15) is 0 Å². The number of nitrogens with one attached hydrogen (secondary N) is 1. The zero-order valence-corrected chi connectivity index (χ0v) is 10.9. The summed E-state index contributed by atoms with van der Waals surface area (Å²) in [5, 5.41) is 12.9. The molecule has 0 amide bonds. The lowest BCUT2D eigenvalue weighted by Gasteiger charge is -2.09. The number of anilines is 1. The first-order chi connectivity index (χ1) is 9.22. The van der Waals surface area contributed by atoms with Gasteiger partial charge < -0.3 is 15.2 Å². The van der Waals surface area contributed by atoms with Crippen LogP contribution in [0.25, 0.3) is 0 Å². The number of benzene rings is 2. The molecule has 1 aliphatic heterocycles. The molecule has 19 heavy (non-hydrogen) atoms. The van der Waals surface area contributed by atoms with Gasteiger partial charge in [0.15, 0.2) is 0 Å². The standard InChI is InChI=1S/C16H17NO2/c1-11-8-14(3-4-15(11)18)17-10-12-2-5-16-13(9-12)6-7-19-16/h2-5,8-9,17-18H,6-7,10H2,1H3. The number of phenols is 1. The van der Waals surface area contributed by atoms with Crippen LogP contribution in [0.1, 0.15) is 16.7 Å². The van der Waals surface area contributed by atoms with Crippen molar-refractivity contribution in [3.63, 3.8) is 0 Å². The van der Waals surface area contributed by atoms with Crippen LogP contribution in [-0.2, 0) is 13.0 Å². The Hall–Kier alpha value is -2.16. The molecule has 98 valence electrons. The minimum absolute atomic E-state index is 0.334. The van der Waals surface area contributed by atoms with Crippen LogP contribution in [0.3, 0.4) is 0 Å². The Morgan fingerprint density at radius 3 is 2.95 bits per heavy atom. The molecule has 0 fully saturated rings. The molecule has 1 heterocycles. The van der Waals surface area contributed by atoms with E-state index in [1.807, 2.05) is 25.1 Å². The maximum Gasteiger partial charge on any atom is 0.122 e. The average Bonchev–Trinajstić information content (AvgIpc) is 2.87. The Bertz CT molecular complexity index is 608. The van der Waals surface area contributed by atoms with Gasteiger partial charge in [0.25, 0.3) is 0 Å². The summed E-state index contributed by atoms with van der Waals surface area (Å²) in [7, 11) is 0. The third-order valence-electron chi connectivity index (χ3n) is 3.45. The summed E-state index contributed by atoms with van der Waals surface area (Å²) in [6.07, 6.45) is 1.00. The van der Waals surface area contributed by atoms with Crippen LogP contribution in [0.2, 0.25) is 0 Å². The molecule has 0 radical (unpaired) electrons. The van der Waals surface area contributed by atoms with Crippen molar-refractivity contribution in [1.82, 2.24) is 0 Å². The minimum atomic E-state index is 0.334. The van der Waals surface area contributed by atoms with E-state index < -0.39 is 0 Å². The fourth-order valence-corrected chi connectivity index (χ4v) is 2.32. The van der Waals surface area contributed by atoms with Crippen LogP contribution in [-0.4, -0.2) is 11.7 Å². The van der Waals surface area contributed by atoms with Gasteiger partial charge >= 0.3 is 0 Å². The topological polar surface area (TPSA) is 41.5 Å². The summed E-state index contributed by atoms with van der Waals surface area (Å²) in [6, 6.07) is 11.9. The molecule has 0 saturated heterocycles. The van der Waals surface area contributed by atoms with Crippen molar-refractivity contribution in [3.8, 4) is 11.5 Å². The van der Waals surface area contributed by atoms with E-state index in [0.29, 0.717) is 5.75 Å². The van der Waals surface area contributed by atoms with Gasteiger partial charge in [-0.25, -0.2) is 0 Å². The highest BCUT2D eigenvalue weighted by Gasteiger charge is 2.11. The second-order valence-corrected chi connectivity index (χ2v) is 4.90. The van der Waals surface area contributed by atoms with E-state index in [-0.39, 0.29) is 0 Å². The van der Waals surface area contributed by atoms with Gasteiger partial charge in [0, 0.05) is 18.7 Å². The predicted molar refractivity (Wildman–Crippen MR) is 75.8 cm³/mol. The van der Waals surface area contributed by atoms with E-state index in [1.54, 1.807) is 6.07 Å². The first-order valence-electron chi connectivity index (χ1n) is 6.50. The fourth-order valence-electron chi connectivity index (χ4n) is 2.32. The third kappa shape index (κ3) is 2.50. The molecule has 3 heteroatoms. The molecular weight excluding hydrogens is 238 g/mol. The van der Waals surface area contributed by atoms with Gasteiger partial charge in [0.05, 0.1) is 6.61 Å². The normalized spacial score (nSPS) is 12.9. The number of rotatable bonds is 3. The van der Waals surface area contributed by atoms with Crippen molar-refractivity contribution in [2.75, 3.05) is 11.9 Å². The maximum atomic E-state index is 9.49. The second-order valence-electron chi connectivity index (χ2n) is 4.90. The van der Waals surface area contributed by atoms with Gasteiger partial charge in [-0.15, -0.1) is 0 Å². The Morgan fingerprint density at radius 1 is 1.21 bits per heavy atom. The van der Waals surface area contributed by atoms with Crippen LogP contribution in [0.5, 0.6) is 11.5 Å². The molecule has 0 unspecified atom stereocenters. The average molecular weight is 255 g/mol. The monoisotopic (exact) mass is 255 g/mol. The Kier molecular flexibility index (Phi) is 3.03. The molecule has 0 aliphatic carbocycles. The maximum absolute atomic E-state index is 9.49. The van der Waals surface area contributed by atoms with E-state index in [4.69, 9.17) is 4.74 Å². The highest BCUT2D eigenvalue weighted by Crippen LogP contribution is 2.26. The van der Waals surface area contributed by atoms with E-state index in [0.717, 1.165) is 36.6 Å². The number of fused-ring (bicyclic) bond motifs is 1. The van der Waals surface area contributed by atoms with E-state index >= 15 is 0 Å². The third-order valence-corrected chi connectivity index (χ3v) is 3.45. The van der Waals surface area contributed by atoms with Crippen molar-refractivity contribution >= 4 is 5.69 Å². The fraction of sp³-hybridized carbons (Fsp3) is 0.250. The largest absolute Gasteiger partial charge is 0.508 e.